The van der Waals surface area contributed by atoms with Crippen LogP contribution in [0.1, 0.15) is 5.76 Å². The maximum absolute atomic E-state index is 12.6. The summed E-state index contributed by atoms with van der Waals surface area (Å²) in [6.07, 6.45) is 1.75. The Labute approximate surface area is 167 Å². The number of amidine groups is 1. The van der Waals surface area contributed by atoms with Crippen molar-refractivity contribution in [1.82, 2.24) is 4.90 Å². The predicted octanol–water partition coefficient (Wildman–Crippen LogP) is 5.19. The number of carbonyl (C=O) groups excluding carboxylic acids is 1. The van der Waals surface area contributed by atoms with E-state index in [1.807, 2.05) is 66.7 Å². The molecule has 1 aliphatic rings. The molecule has 1 aromatic heterocycles. The number of ether oxygens (including phenoxy) is 1. The molecular formula is C22H18N2O3S. The summed E-state index contributed by atoms with van der Waals surface area (Å²) in [7, 11) is 3.35. The van der Waals surface area contributed by atoms with Crippen LogP contribution in [0.3, 0.4) is 0 Å². The Bertz CT molecular complexity index is 1070. The van der Waals surface area contributed by atoms with Crippen LogP contribution in [0.2, 0.25) is 0 Å². The van der Waals surface area contributed by atoms with Gasteiger partial charge in [-0.3, -0.25) is 9.69 Å². The number of nitrogens with zero attached hydrogens (tertiary/aromatic N) is 2. The lowest BCUT2D eigenvalue weighted by Crippen LogP contribution is -2.23. The van der Waals surface area contributed by atoms with Crippen molar-refractivity contribution in [2.45, 2.75) is 0 Å². The van der Waals surface area contributed by atoms with Crippen molar-refractivity contribution in [1.29, 1.82) is 0 Å². The number of likely N-dealkylation sites (N-methyl/N-ethyl adjacent to an activating group) is 1. The second-order valence-electron chi connectivity index (χ2n) is 6.14. The molecule has 0 N–H and O–H groups in total. The Morgan fingerprint density at radius 2 is 1.89 bits per heavy atom. The van der Waals surface area contributed by atoms with Crippen molar-refractivity contribution in [3.05, 3.63) is 77.4 Å². The number of para-hydroxylation sites is 1. The largest absolute Gasteiger partial charge is 0.497 e. The summed E-state index contributed by atoms with van der Waals surface area (Å²) < 4.78 is 11.2. The number of furan rings is 1. The molecule has 1 fully saturated rings. The van der Waals surface area contributed by atoms with Crippen LogP contribution in [-0.4, -0.2) is 30.1 Å². The average Bonchev–Trinajstić information content (AvgIpc) is 3.30. The zero-order valence-corrected chi connectivity index (χ0v) is 16.3. The summed E-state index contributed by atoms with van der Waals surface area (Å²) in [6, 6.07) is 21.0. The molecule has 28 heavy (non-hydrogen) atoms. The zero-order valence-electron chi connectivity index (χ0n) is 15.5. The van der Waals surface area contributed by atoms with Gasteiger partial charge < -0.3 is 9.15 Å². The quantitative estimate of drug-likeness (QED) is 0.575. The predicted molar refractivity (Wildman–Crippen MR) is 113 cm³/mol. The maximum Gasteiger partial charge on any atom is 0.266 e. The van der Waals surface area contributed by atoms with Gasteiger partial charge in [0.2, 0.25) is 0 Å². The highest BCUT2D eigenvalue weighted by Crippen LogP contribution is 2.34. The summed E-state index contributed by atoms with van der Waals surface area (Å²) in [6.45, 7) is 0. The highest BCUT2D eigenvalue weighted by molar-refractivity contribution is 8.18. The number of amides is 1. The number of hydrogen-bond acceptors (Lipinski definition) is 5. The summed E-state index contributed by atoms with van der Waals surface area (Å²) in [5.41, 5.74) is 1.72. The van der Waals surface area contributed by atoms with Crippen molar-refractivity contribution < 1.29 is 13.9 Å². The number of rotatable bonds is 4. The van der Waals surface area contributed by atoms with Crippen molar-refractivity contribution in [3.8, 4) is 17.1 Å². The highest BCUT2D eigenvalue weighted by Gasteiger charge is 2.30. The first-order valence-corrected chi connectivity index (χ1v) is 9.51. The van der Waals surface area contributed by atoms with Crippen molar-refractivity contribution >= 4 is 34.6 Å². The van der Waals surface area contributed by atoms with Crippen molar-refractivity contribution in [2.75, 3.05) is 14.2 Å². The second kappa shape index (κ2) is 7.78. The van der Waals surface area contributed by atoms with E-state index in [4.69, 9.17) is 9.15 Å². The number of carbonyl (C=O) groups is 1. The van der Waals surface area contributed by atoms with Gasteiger partial charge in [0.25, 0.3) is 5.91 Å². The molecule has 0 bridgehead atoms. The standard InChI is InChI=1S/C22H18N2O3S/c1-24-21(25)20(28-22(24)23-16-8-4-3-5-9-16)14-18-11-12-19(27-18)15-7-6-10-17(13-15)26-2/h3-14H,1-2H3/b20-14-,23-22+. The molecule has 1 amide bonds. The fourth-order valence-corrected chi connectivity index (χ4v) is 3.72. The van der Waals surface area contributed by atoms with Crippen LogP contribution in [0.25, 0.3) is 17.4 Å². The van der Waals surface area contributed by atoms with E-state index in [1.54, 1.807) is 25.1 Å². The summed E-state index contributed by atoms with van der Waals surface area (Å²) in [4.78, 5) is 19.2. The van der Waals surface area contributed by atoms with Gasteiger partial charge in [0, 0.05) is 18.7 Å². The molecule has 1 saturated heterocycles. The third kappa shape index (κ3) is 3.73. The van der Waals surface area contributed by atoms with Gasteiger partial charge >= 0.3 is 0 Å². The molecule has 4 rings (SSSR count). The molecule has 0 saturated carbocycles. The van der Waals surface area contributed by atoms with E-state index < -0.39 is 0 Å². The summed E-state index contributed by atoms with van der Waals surface area (Å²) >= 11 is 1.34. The van der Waals surface area contributed by atoms with E-state index in [1.165, 1.54) is 11.8 Å². The lowest BCUT2D eigenvalue weighted by molar-refractivity contribution is -0.121. The van der Waals surface area contributed by atoms with Crippen molar-refractivity contribution in [3.63, 3.8) is 0 Å². The Hall–Kier alpha value is -3.25. The SMILES string of the molecule is COc1cccc(-c2ccc(/C=C3\S/C(=N/c4ccccc4)N(C)C3=O)o2)c1. The molecule has 2 heterocycles. The third-order valence-electron chi connectivity index (χ3n) is 4.24. The first-order chi connectivity index (χ1) is 13.6. The summed E-state index contributed by atoms with van der Waals surface area (Å²) in [5, 5.41) is 0.641. The molecule has 0 radical (unpaired) electrons. The van der Waals surface area contributed by atoms with Gasteiger partial charge in [-0.25, -0.2) is 4.99 Å². The lowest BCUT2D eigenvalue weighted by atomic mass is 10.2. The van der Waals surface area contributed by atoms with Crippen LogP contribution in [-0.2, 0) is 4.79 Å². The van der Waals surface area contributed by atoms with Crippen LogP contribution in [0.15, 0.2) is 81.0 Å². The molecule has 1 aliphatic heterocycles. The van der Waals surface area contributed by atoms with Crippen LogP contribution < -0.4 is 4.74 Å². The van der Waals surface area contributed by atoms with E-state index in [0.717, 1.165) is 17.0 Å². The van der Waals surface area contributed by atoms with E-state index in [-0.39, 0.29) is 5.91 Å². The van der Waals surface area contributed by atoms with Gasteiger partial charge in [-0.2, -0.15) is 0 Å². The molecule has 0 atom stereocenters. The molecule has 0 spiro atoms. The minimum atomic E-state index is -0.0981. The molecule has 5 nitrogen and oxygen atoms in total. The monoisotopic (exact) mass is 390 g/mol. The van der Waals surface area contributed by atoms with Gasteiger partial charge in [-0.05, 0) is 48.2 Å². The van der Waals surface area contributed by atoms with Gasteiger partial charge in [-0.1, -0.05) is 30.3 Å². The highest BCUT2D eigenvalue weighted by atomic mass is 32.2. The van der Waals surface area contributed by atoms with Crippen LogP contribution in [0, 0.1) is 0 Å². The fourth-order valence-electron chi connectivity index (χ4n) is 2.76. The smallest absolute Gasteiger partial charge is 0.266 e. The Kier molecular flexibility index (Phi) is 5.04. The number of thioether (sulfide) groups is 1. The second-order valence-corrected chi connectivity index (χ2v) is 7.15. The normalized spacial score (nSPS) is 16.9. The number of aliphatic imine (C=N–C) groups is 1. The first-order valence-electron chi connectivity index (χ1n) is 8.69. The molecule has 6 heteroatoms. The maximum atomic E-state index is 12.6. The molecule has 0 unspecified atom stereocenters. The lowest BCUT2D eigenvalue weighted by Gasteiger charge is -2.06. The molecule has 0 aliphatic carbocycles. The Balaban J connectivity index is 1.58. The Morgan fingerprint density at radius 1 is 1.07 bits per heavy atom. The van der Waals surface area contributed by atoms with Gasteiger partial charge in [-0.15, -0.1) is 0 Å². The first kappa shape index (κ1) is 18.1. The van der Waals surface area contributed by atoms with E-state index in [2.05, 4.69) is 4.99 Å². The number of methoxy groups -OCH3 is 1. The van der Waals surface area contributed by atoms with Crippen LogP contribution >= 0.6 is 11.8 Å². The number of hydrogen-bond donors (Lipinski definition) is 0. The third-order valence-corrected chi connectivity index (χ3v) is 5.30. The van der Waals surface area contributed by atoms with Crippen molar-refractivity contribution in [2.24, 2.45) is 4.99 Å². The minimum Gasteiger partial charge on any atom is -0.497 e. The molecular weight excluding hydrogens is 372 g/mol. The van der Waals surface area contributed by atoms with E-state index >= 15 is 0 Å². The van der Waals surface area contributed by atoms with E-state index in [9.17, 15) is 4.79 Å². The molecule has 3 aromatic rings. The van der Waals surface area contributed by atoms with E-state index in [0.29, 0.717) is 21.6 Å². The van der Waals surface area contributed by atoms with Gasteiger partial charge in [0.15, 0.2) is 5.17 Å². The fraction of sp³-hybridized carbons (Fsp3) is 0.0909. The average molecular weight is 390 g/mol. The molecule has 140 valence electrons. The van der Waals surface area contributed by atoms with Gasteiger partial charge in [0.1, 0.15) is 17.3 Å². The van der Waals surface area contributed by atoms with Crippen LogP contribution in [0.4, 0.5) is 5.69 Å². The van der Waals surface area contributed by atoms with Gasteiger partial charge in [0.05, 0.1) is 17.7 Å². The summed E-state index contributed by atoms with van der Waals surface area (Å²) in [5.74, 6) is 1.99. The van der Waals surface area contributed by atoms with Crippen LogP contribution in [0.5, 0.6) is 5.75 Å². The molecule has 2 aromatic carbocycles. The Morgan fingerprint density at radius 3 is 2.68 bits per heavy atom. The minimum absolute atomic E-state index is 0.0981. The zero-order chi connectivity index (χ0) is 19.5. The topological polar surface area (TPSA) is 55.0 Å². The number of benzene rings is 2.